The largest absolute Gasteiger partial charge is 0.378 e. The summed E-state index contributed by atoms with van der Waals surface area (Å²) in [5.74, 6) is 0.652. The van der Waals surface area contributed by atoms with Crippen LogP contribution < -0.4 is 5.32 Å². The lowest BCUT2D eigenvalue weighted by Gasteiger charge is -2.38. The molecule has 0 aromatic heterocycles. The second-order valence-electron chi connectivity index (χ2n) is 7.18. The SMILES string of the molecule is CC(C)CCC(C)NC(=O)N1CCN(C(=O)N2CCOCC2)CC1. The molecule has 0 radical (unpaired) electrons. The fraction of sp³-hybridized carbons (Fsp3) is 0.882. The van der Waals surface area contributed by atoms with Crippen LogP contribution in [0.1, 0.15) is 33.6 Å². The number of piperazine rings is 1. The van der Waals surface area contributed by atoms with Crippen LogP contribution in [0.5, 0.6) is 0 Å². The summed E-state index contributed by atoms with van der Waals surface area (Å²) in [5.41, 5.74) is 0. The average Bonchev–Trinajstić information content (AvgIpc) is 2.60. The van der Waals surface area contributed by atoms with E-state index in [1.54, 1.807) is 0 Å². The zero-order valence-electron chi connectivity index (χ0n) is 15.3. The van der Waals surface area contributed by atoms with E-state index in [0.29, 0.717) is 58.4 Å². The van der Waals surface area contributed by atoms with Gasteiger partial charge in [-0.1, -0.05) is 13.8 Å². The molecule has 0 aromatic rings. The monoisotopic (exact) mass is 340 g/mol. The number of morpholine rings is 1. The van der Waals surface area contributed by atoms with Gasteiger partial charge in [-0.05, 0) is 25.7 Å². The molecule has 1 atom stereocenters. The summed E-state index contributed by atoms with van der Waals surface area (Å²) in [7, 11) is 0. The van der Waals surface area contributed by atoms with Gasteiger partial charge in [-0.25, -0.2) is 9.59 Å². The van der Waals surface area contributed by atoms with Gasteiger partial charge < -0.3 is 24.8 Å². The lowest BCUT2D eigenvalue weighted by atomic mass is 10.0. The molecule has 24 heavy (non-hydrogen) atoms. The predicted octanol–water partition coefficient (Wildman–Crippen LogP) is 1.59. The highest BCUT2D eigenvalue weighted by Crippen LogP contribution is 2.10. The minimum Gasteiger partial charge on any atom is -0.378 e. The van der Waals surface area contributed by atoms with E-state index < -0.39 is 0 Å². The van der Waals surface area contributed by atoms with Gasteiger partial charge in [-0.15, -0.1) is 0 Å². The molecule has 0 aromatic carbocycles. The summed E-state index contributed by atoms with van der Waals surface area (Å²) in [6, 6.07) is 0.251. The van der Waals surface area contributed by atoms with Crippen molar-refractivity contribution in [2.24, 2.45) is 5.92 Å². The highest BCUT2D eigenvalue weighted by Gasteiger charge is 2.28. The Morgan fingerprint density at radius 1 is 0.875 bits per heavy atom. The number of carbonyl (C=O) groups excluding carboxylic acids is 2. The Balaban J connectivity index is 1.71. The van der Waals surface area contributed by atoms with E-state index in [0.717, 1.165) is 12.8 Å². The lowest BCUT2D eigenvalue weighted by molar-refractivity contribution is 0.0391. The Labute approximate surface area is 145 Å². The molecule has 2 aliphatic heterocycles. The van der Waals surface area contributed by atoms with Crippen molar-refractivity contribution in [1.82, 2.24) is 20.0 Å². The van der Waals surface area contributed by atoms with Crippen molar-refractivity contribution < 1.29 is 14.3 Å². The van der Waals surface area contributed by atoms with Crippen molar-refractivity contribution in [1.29, 1.82) is 0 Å². The Morgan fingerprint density at radius 2 is 1.42 bits per heavy atom. The van der Waals surface area contributed by atoms with Crippen LogP contribution in [-0.2, 0) is 4.74 Å². The van der Waals surface area contributed by atoms with E-state index in [9.17, 15) is 9.59 Å². The number of hydrogen-bond acceptors (Lipinski definition) is 3. The van der Waals surface area contributed by atoms with Crippen LogP contribution in [0, 0.1) is 5.92 Å². The normalized spacial score (nSPS) is 20.2. The van der Waals surface area contributed by atoms with Crippen molar-refractivity contribution in [3.8, 4) is 0 Å². The van der Waals surface area contributed by atoms with Gasteiger partial charge in [0.2, 0.25) is 0 Å². The van der Waals surface area contributed by atoms with Crippen LogP contribution in [0.4, 0.5) is 9.59 Å². The fourth-order valence-electron chi connectivity index (χ4n) is 3.01. The fourth-order valence-corrected chi connectivity index (χ4v) is 3.01. The molecule has 2 saturated heterocycles. The maximum absolute atomic E-state index is 12.4. The standard InChI is InChI=1S/C17H32N4O3/c1-14(2)4-5-15(3)18-16(22)19-6-8-20(9-7-19)17(23)21-10-12-24-13-11-21/h14-15H,4-13H2,1-3H3,(H,18,22). The van der Waals surface area contributed by atoms with Crippen molar-refractivity contribution in [3.63, 3.8) is 0 Å². The van der Waals surface area contributed by atoms with E-state index in [4.69, 9.17) is 4.74 Å². The van der Waals surface area contributed by atoms with Gasteiger partial charge in [0.05, 0.1) is 13.2 Å². The molecule has 0 bridgehead atoms. The molecule has 4 amide bonds. The average molecular weight is 340 g/mol. The van der Waals surface area contributed by atoms with Gasteiger partial charge in [0.15, 0.2) is 0 Å². The summed E-state index contributed by atoms with van der Waals surface area (Å²) in [6.07, 6.45) is 2.11. The molecule has 0 aliphatic carbocycles. The first-order valence-electron chi connectivity index (χ1n) is 9.14. The van der Waals surface area contributed by atoms with Crippen LogP contribution in [0.2, 0.25) is 0 Å². The Bertz CT molecular complexity index is 416. The van der Waals surface area contributed by atoms with E-state index in [2.05, 4.69) is 26.1 Å². The Morgan fingerprint density at radius 3 is 2.00 bits per heavy atom. The first-order valence-corrected chi connectivity index (χ1v) is 9.14. The van der Waals surface area contributed by atoms with Gasteiger partial charge in [0, 0.05) is 45.3 Å². The van der Waals surface area contributed by atoms with Crippen molar-refractivity contribution >= 4 is 12.1 Å². The van der Waals surface area contributed by atoms with Crippen LogP contribution in [0.25, 0.3) is 0 Å². The topological polar surface area (TPSA) is 65.1 Å². The summed E-state index contributed by atoms with van der Waals surface area (Å²) < 4.78 is 5.28. The molecule has 0 saturated carbocycles. The van der Waals surface area contributed by atoms with E-state index in [1.165, 1.54) is 0 Å². The van der Waals surface area contributed by atoms with Crippen LogP contribution in [0.15, 0.2) is 0 Å². The molecule has 2 heterocycles. The zero-order valence-corrected chi connectivity index (χ0v) is 15.3. The van der Waals surface area contributed by atoms with Crippen molar-refractivity contribution in [2.75, 3.05) is 52.5 Å². The molecular weight excluding hydrogens is 308 g/mol. The molecule has 138 valence electrons. The van der Waals surface area contributed by atoms with Gasteiger partial charge >= 0.3 is 12.1 Å². The van der Waals surface area contributed by atoms with E-state index in [1.807, 2.05) is 14.7 Å². The molecule has 2 aliphatic rings. The van der Waals surface area contributed by atoms with Gasteiger partial charge in [0.25, 0.3) is 0 Å². The summed E-state index contributed by atoms with van der Waals surface area (Å²) >= 11 is 0. The second kappa shape index (κ2) is 9.11. The summed E-state index contributed by atoms with van der Waals surface area (Å²) in [4.78, 5) is 30.2. The second-order valence-corrected chi connectivity index (χ2v) is 7.18. The summed E-state index contributed by atoms with van der Waals surface area (Å²) in [5, 5.41) is 3.07. The number of carbonyl (C=O) groups is 2. The first-order chi connectivity index (χ1) is 11.5. The molecule has 2 fully saturated rings. The Hall–Kier alpha value is -1.50. The highest BCUT2D eigenvalue weighted by atomic mass is 16.5. The minimum atomic E-state index is -0.00951. The number of rotatable bonds is 4. The third-order valence-corrected chi connectivity index (χ3v) is 4.67. The predicted molar refractivity (Wildman–Crippen MR) is 93.0 cm³/mol. The molecule has 1 unspecified atom stereocenters. The maximum atomic E-state index is 12.4. The van der Waals surface area contributed by atoms with E-state index in [-0.39, 0.29) is 18.1 Å². The van der Waals surface area contributed by atoms with Crippen LogP contribution in [0.3, 0.4) is 0 Å². The van der Waals surface area contributed by atoms with Gasteiger partial charge in [-0.2, -0.15) is 0 Å². The third kappa shape index (κ3) is 5.54. The van der Waals surface area contributed by atoms with Gasteiger partial charge in [0.1, 0.15) is 0 Å². The van der Waals surface area contributed by atoms with Crippen LogP contribution in [-0.4, -0.2) is 85.3 Å². The minimum absolute atomic E-state index is 0.00951. The molecule has 7 heteroatoms. The zero-order chi connectivity index (χ0) is 17.5. The molecule has 0 spiro atoms. The first kappa shape index (κ1) is 18.8. The Kier molecular flexibility index (Phi) is 7.15. The van der Waals surface area contributed by atoms with Crippen LogP contribution >= 0.6 is 0 Å². The lowest BCUT2D eigenvalue weighted by Crippen LogP contribution is -2.57. The third-order valence-electron chi connectivity index (χ3n) is 4.67. The molecular formula is C17H32N4O3. The number of hydrogen-bond donors (Lipinski definition) is 1. The van der Waals surface area contributed by atoms with Crippen molar-refractivity contribution in [2.45, 2.75) is 39.7 Å². The molecule has 1 N–H and O–H groups in total. The number of amides is 4. The smallest absolute Gasteiger partial charge is 0.320 e. The number of ether oxygens (including phenoxy) is 1. The van der Waals surface area contributed by atoms with E-state index >= 15 is 0 Å². The molecule has 7 nitrogen and oxygen atoms in total. The number of nitrogens with zero attached hydrogens (tertiary/aromatic N) is 3. The molecule has 2 rings (SSSR count). The highest BCUT2D eigenvalue weighted by molar-refractivity contribution is 5.77. The van der Waals surface area contributed by atoms with Crippen molar-refractivity contribution in [3.05, 3.63) is 0 Å². The quantitative estimate of drug-likeness (QED) is 0.845. The number of urea groups is 2. The number of nitrogens with one attached hydrogen (secondary N) is 1. The summed E-state index contributed by atoms with van der Waals surface area (Å²) in [6.45, 7) is 11.4. The van der Waals surface area contributed by atoms with Gasteiger partial charge in [-0.3, -0.25) is 0 Å². The maximum Gasteiger partial charge on any atom is 0.320 e.